The average Bonchev–Trinajstić information content (AvgIpc) is 2.41. The number of rotatable bonds is 3. The fourth-order valence-corrected chi connectivity index (χ4v) is 3.19. The Balaban J connectivity index is 2.25. The highest BCUT2D eigenvalue weighted by molar-refractivity contribution is 7.99. The number of carbonyl (C=O) groups excluding carboxylic acids is 1. The summed E-state index contributed by atoms with van der Waals surface area (Å²) in [5.41, 5.74) is -0.132. The number of hydrogen-bond donors (Lipinski definition) is 2. The van der Waals surface area contributed by atoms with Crippen LogP contribution in [0.1, 0.15) is 16.8 Å². The highest BCUT2D eigenvalue weighted by atomic mass is 32.2. The van der Waals surface area contributed by atoms with Gasteiger partial charge in [0.15, 0.2) is 0 Å². The second-order valence-electron chi connectivity index (χ2n) is 4.49. The first-order chi connectivity index (χ1) is 9.49. The number of phenols is 1. The van der Waals surface area contributed by atoms with Crippen molar-refractivity contribution in [2.45, 2.75) is 12.5 Å². The van der Waals surface area contributed by atoms with Crippen molar-refractivity contribution in [2.24, 2.45) is 0 Å². The number of carbonyl (C=O) groups is 2. The Kier molecular flexibility index (Phi) is 4.49. The SMILES string of the molecule is O=C(O)CC1CSCCN1C(=O)c1cc(F)ccc1O. The smallest absolute Gasteiger partial charge is 0.305 e. The van der Waals surface area contributed by atoms with Gasteiger partial charge in [0.05, 0.1) is 18.0 Å². The van der Waals surface area contributed by atoms with Gasteiger partial charge in [-0.3, -0.25) is 9.59 Å². The second kappa shape index (κ2) is 6.13. The van der Waals surface area contributed by atoms with Crippen LogP contribution in [0.4, 0.5) is 4.39 Å². The zero-order valence-corrected chi connectivity index (χ0v) is 11.4. The van der Waals surface area contributed by atoms with Gasteiger partial charge in [-0.1, -0.05) is 0 Å². The summed E-state index contributed by atoms with van der Waals surface area (Å²) in [7, 11) is 0. The average molecular weight is 299 g/mol. The number of halogens is 1. The molecular weight excluding hydrogens is 285 g/mol. The minimum atomic E-state index is -0.987. The maximum Gasteiger partial charge on any atom is 0.305 e. The summed E-state index contributed by atoms with van der Waals surface area (Å²) in [6, 6.07) is 2.71. The van der Waals surface area contributed by atoms with Gasteiger partial charge in [-0.2, -0.15) is 11.8 Å². The number of carboxylic acid groups (broad SMARTS) is 1. The number of hydrogen-bond acceptors (Lipinski definition) is 4. The van der Waals surface area contributed by atoms with Crippen molar-refractivity contribution in [3.63, 3.8) is 0 Å². The third kappa shape index (κ3) is 3.22. The van der Waals surface area contributed by atoms with Crippen LogP contribution in [0, 0.1) is 5.82 Å². The number of benzene rings is 1. The highest BCUT2D eigenvalue weighted by Gasteiger charge is 2.30. The van der Waals surface area contributed by atoms with Crippen molar-refractivity contribution in [1.29, 1.82) is 0 Å². The van der Waals surface area contributed by atoms with Crippen LogP contribution in [0.2, 0.25) is 0 Å². The number of carboxylic acids is 1. The number of amides is 1. The molecule has 0 aliphatic carbocycles. The van der Waals surface area contributed by atoms with Gasteiger partial charge in [-0.05, 0) is 18.2 Å². The molecule has 1 aromatic rings. The fraction of sp³-hybridized carbons (Fsp3) is 0.385. The number of nitrogens with zero attached hydrogens (tertiary/aromatic N) is 1. The molecule has 7 heteroatoms. The molecular formula is C13H14FNO4S. The zero-order chi connectivity index (χ0) is 14.7. The van der Waals surface area contributed by atoms with E-state index in [-0.39, 0.29) is 17.7 Å². The summed E-state index contributed by atoms with van der Waals surface area (Å²) < 4.78 is 13.2. The minimum absolute atomic E-state index is 0.132. The zero-order valence-electron chi connectivity index (χ0n) is 10.6. The van der Waals surface area contributed by atoms with Crippen LogP contribution in [0.25, 0.3) is 0 Å². The Morgan fingerprint density at radius 3 is 2.90 bits per heavy atom. The third-order valence-electron chi connectivity index (χ3n) is 3.09. The van der Waals surface area contributed by atoms with E-state index in [1.54, 1.807) is 11.8 Å². The second-order valence-corrected chi connectivity index (χ2v) is 5.64. The van der Waals surface area contributed by atoms with Gasteiger partial charge < -0.3 is 15.1 Å². The van der Waals surface area contributed by atoms with Crippen LogP contribution in [-0.2, 0) is 4.79 Å². The van der Waals surface area contributed by atoms with E-state index >= 15 is 0 Å². The van der Waals surface area contributed by atoms with Crippen LogP contribution < -0.4 is 0 Å². The van der Waals surface area contributed by atoms with E-state index in [0.717, 1.165) is 18.2 Å². The number of aromatic hydroxyl groups is 1. The molecule has 20 heavy (non-hydrogen) atoms. The summed E-state index contributed by atoms with van der Waals surface area (Å²) >= 11 is 1.57. The predicted octanol–water partition coefficient (Wildman–Crippen LogP) is 1.56. The Morgan fingerprint density at radius 1 is 1.45 bits per heavy atom. The Bertz CT molecular complexity index is 537. The molecule has 1 fully saturated rings. The normalized spacial score (nSPS) is 18.9. The van der Waals surface area contributed by atoms with E-state index in [2.05, 4.69) is 0 Å². The van der Waals surface area contributed by atoms with Crippen molar-refractivity contribution in [2.75, 3.05) is 18.1 Å². The van der Waals surface area contributed by atoms with E-state index in [1.807, 2.05) is 0 Å². The first-order valence-electron chi connectivity index (χ1n) is 6.08. The van der Waals surface area contributed by atoms with Crippen LogP contribution in [0.5, 0.6) is 5.75 Å². The van der Waals surface area contributed by atoms with Gasteiger partial charge in [0.25, 0.3) is 5.91 Å². The monoisotopic (exact) mass is 299 g/mol. The number of phenolic OH excluding ortho intramolecular Hbond substituents is 1. The molecule has 5 nitrogen and oxygen atoms in total. The topological polar surface area (TPSA) is 77.8 Å². The molecule has 1 aliphatic heterocycles. The summed E-state index contributed by atoms with van der Waals surface area (Å²) in [6.45, 7) is 0.386. The largest absolute Gasteiger partial charge is 0.507 e. The molecule has 2 N–H and O–H groups in total. The molecule has 1 unspecified atom stereocenters. The van der Waals surface area contributed by atoms with Crippen molar-refractivity contribution in [1.82, 2.24) is 4.90 Å². The Labute approximate surface area is 119 Å². The number of thioether (sulfide) groups is 1. The molecule has 1 amide bonds. The van der Waals surface area contributed by atoms with Gasteiger partial charge in [-0.25, -0.2) is 4.39 Å². The lowest BCUT2D eigenvalue weighted by Gasteiger charge is -2.34. The maximum absolute atomic E-state index is 13.2. The highest BCUT2D eigenvalue weighted by Crippen LogP contribution is 2.25. The molecule has 0 aromatic heterocycles. The van der Waals surface area contributed by atoms with E-state index in [1.165, 1.54) is 4.90 Å². The van der Waals surface area contributed by atoms with Crippen molar-refractivity contribution in [3.8, 4) is 5.75 Å². The summed E-state index contributed by atoms with van der Waals surface area (Å²) in [6.07, 6.45) is -0.158. The van der Waals surface area contributed by atoms with Crippen molar-refractivity contribution < 1.29 is 24.2 Å². The number of aliphatic carboxylic acids is 1. The van der Waals surface area contributed by atoms with Crippen molar-refractivity contribution >= 4 is 23.6 Å². The van der Waals surface area contributed by atoms with E-state index in [4.69, 9.17) is 5.11 Å². The van der Waals surface area contributed by atoms with Gasteiger partial charge >= 0.3 is 5.97 Å². The van der Waals surface area contributed by atoms with E-state index in [9.17, 15) is 19.1 Å². The molecule has 1 aromatic carbocycles. The third-order valence-corrected chi connectivity index (χ3v) is 4.18. The molecule has 1 heterocycles. The Hall–Kier alpha value is -1.76. The molecule has 0 radical (unpaired) electrons. The van der Waals surface area contributed by atoms with Gasteiger partial charge in [0, 0.05) is 18.1 Å². The molecule has 2 rings (SSSR count). The lowest BCUT2D eigenvalue weighted by molar-refractivity contribution is -0.138. The quantitative estimate of drug-likeness (QED) is 0.885. The lowest BCUT2D eigenvalue weighted by Crippen LogP contribution is -2.47. The predicted molar refractivity (Wildman–Crippen MR) is 72.5 cm³/mol. The van der Waals surface area contributed by atoms with Crippen LogP contribution in [0.3, 0.4) is 0 Å². The van der Waals surface area contributed by atoms with E-state index in [0.29, 0.717) is 18.1 Å². The molecule has 1 aliphatic rings. The molecule has 0 bridgehead atoms. The van der Waals surface area contributed by atoms with Crippen LogP contribution in [0.15, 0.2) is 18.2 Å². The molecule has 0 saturated carbocycles. The van der Waals surface area contributed by atoms with Crippen LogP contribution in [-0.4, -0.2) is 51.1 Å². The fourth-order valence-electron chi connectivity index (χ4n) is 2.13. The lowest BCUT2D eigenvalue weighted by atomic mass is 10.1. The molecule has 1 atom stereocenters. The summed E-state index contributed by atoms with van der Waals surface area (Å²) in [5, 5.41) is 18.5. The summed E-state index contributed by atoms with van der Waals surface area (Å²) in [5.74, 6) is -1.23. The molecule has 108 valence electrons. The van der Waals surface area contributed by atoms with Gasteiger partial charge in [-0.15, -0.1) is 0 Å². The molecule has 1 saturated heterocycles. The maximum atomic E-state index is 13.2. The van der Waals surface area contributed by atoms with Crippen molar-refractivity contribution in [3.05, 3.63) is 29.6 Å². The first-order valence-corrected chi connectivity index (χ1v) is 7.23. The first kappa shape index (κ1) is 14.6. The van der Waals surface area contributed by atoms with Gasteiger partial charge in [0.2, 0.25) is 0 Å². The van der Waals surface area contributed by atoms with Gasteiger partial charge in [0.1, 0.15) is 11.6 Å². The minimum Gasteiger partial charge on any atom is -0.507 e. The molecule has 0 spiro atoms. The van der Waals surface area contributed by atoms with Crippen LogP contribution >= 0.6 is 11.8 Å². The standard InChI is InChI=1S/C13H14FNO4S/c14-8-1-2-11(16)10(5-8)13(19)15-3-4-20-7-9(15)6-12(17)18/h1-2,5,9,16H,3-4,6-7H2,(H,17,18). The summed E-state index contributed by atoms with van der Waals surface area (Å²) in [4.78, 5) is 24.6. The Morgan fingerprint density at radius 2 is 2.20 bits per heavy atom. The van der Waals surface area contributed by atoms with E-state index < -0.39 is 23.7 Å².